The molecule has 2 amide bonds. The number of hydrogen-bond donors (Lipinski definition) is 3. The number of alkyl carbamates (subject to hydrolysis) is 1. The number of hydrogen-bond acceptors (Lipinski definition) is 5. The van der Waals surface area contributed by atoms with E-state index >= 15 is 0 Å². The molecule has 7 nitrogen and oxygen atoms in total. The van der Waals surface area contributed by atoms with Crippen LogP contribution in [0.2, 0.25) is 0 Å². The predicted molar refractivity (Wildman–Crippen MR) is 134 cm³/mol. The van der Waals surface area contributed by atoms with E-state index in [9.17, 15) is 19.5 Å². The van der Waals surface area contributed by atoms with Crippen LogP contribution in [0, 0.1) is 5.92 Å². The van der Waals surface area contributed by atoms with Crippen LogP contribution in [0.4, 0.5) is 4.79 Å². The molecule has 34 heavy (non-hydrogen) atoms. The van der Waals surface area contributed by atoms with Crippen LogP contribution in [0.1, 0.15) is 43.2 Å². The number of amides is 2. The Kier molecular flexibility index (Phi) is 9.39. The van der Waals surface area contributed by atoms with Crippen LogP contribution < -0.4 is 10.6 Å². The lowest BCUT2D eigenvalue weighted by Gasteiger charge is -2.17. The Labute approximate surface area is 204 Å². The Bertz CT molecular complexity index is 967. The number of aliphatic carboxylic acids is 1. The first kappa shape index (κ1) is 25.6. The Balaban J connectivity index is 1.41. The minimum absolute atomic E-state index is 0.00700. The zero-order chi connectivity index (χ0) is 24.5. The predicted octanol–water partition coefficient (Wildman–Crippen LogP) is 4.26. The summed E-state index contributed by atoms with van der Waals surface area (Å²) in [5.74, 6) is -0.598. The van der Waals surface area contributed by atoms with Gasteiger partial charge < -0.3 is 20.5 Å². The van der Waals surface area contributed by atoms with Crippen molar-refractivity contribution < 1.29 is 24.2 Å². The molecule has 0 saturated heterocycles. The maximum Gasteiger partial charge on any atom is 0.407 e. The molecular weight excluding hydrogens is 452 g/mol. The van der Waals surface area contributed by atoms with Gasteiger partial charge in [0.1, 0.15) is 12.6 Å². The smallest absolute Gasteiger partial charge is 0.407 e. The Morgan fingerprint density at radius 3 is 2.24 bits per heavy atom. The van der Waals surface area contributed by atoms with Crippen molar-refractivity contribution in [3.8, 4) is 11.1 Å². The van der Waals surface area contributed by atoms with Crippen LogP contribution >= 0.6 is 11.8 Å². The lowest BCUT2D eigenvalue weighted by Crippen LogP contribution is -2.41. The van der Waals surface area contributed by atoms with E-state index in [1.165, 1.54) is 11.1 Å². The number of carboxylic acids is 1. The third-order valence-corrected chi connectivity index (χ3v) is 6.69. The van der Waals surface area contributed by atoms with Crippen LogP contribution in [0.5, 0.6) is 0 Å². The number of benzene rings is 2. The quantitative estimate of drug-likeness (QED) is 0.416. The van der Waals surface area contributed by atoms with Gasteiger partial charge in [0.2, 0.25) is 5.91 Å². The summed E-state index contributed by atoms with van der Waals surface area (Å²) in [6, 6.07) is 15.5. The largest absolute Gasteiger partial charge is 0.480 e. The van der Waals surface area contributed by atoms with Crippen LogP contribution in [-0.4, -0.2) is 54.3 Å². The average molecular weight is 485 g/mol. The highest BCUT2D eigenvalue weighted by molar-refractivity contribution is 7.98. The molecule has 0 bridgehead atoms. The van der Waals surface area contributed by atoms with Crippen LogP contribution in [0.15, 0.2) is 48.5 Å². The van der Waals surface area contributed by atoms with Crippen molar-refractivity contribution in [2.24, 2.45) is 5.92 Å². The average Bonchev–Trinajstić information content (AvgIpc) is 3.16. The van der Waals surface area contributed by atoms with Crippen molar-refractivity contribution in [3.05, 3.63) is 59.7 Å². The summed E-state index contributed by atoms with van der Waals surface area (Å²) in [5.41, 5.74) is 4.68. The van der Waals surface area contributed by atoms with E-state index in [1.54, 1.807) is 11.8 Å². The maximum absolute atomic E-state index is 12.3. The zero-order valence-corrected chi connectivity index (χ0v) is 20.4. The molecule has 0 saturated carbocycles. The molecule has 3 N–H and O–H groups in total. The normalized spacial score (nSPS) is 13.9. The number of rotatable bonds is 12. The number of carbonyl (C=O) groups is 3. The minimum atomic E-state index is -1.02. The van der Waals surface area contributed by atoms with Gasteiger partial charge in [-0.15, -0.1) is 0 Å². The summed E-state index contributed by atoms with van der Waals surface area (Å²) in [5, 5.41) is 14.6. The Morgan fingerprint density at radius 2 is 1.65 bits per heavy atom. The number of fused-ring (bicyclic) bond motifs is 3. The number of carboxylic acid groups (broad SMARTS) is 1. The van der Waals surface area contributed by atoms with E-state index in [0.717, 1.165) is 11.1 Å². The fourth-order valence-electron chi connectivity index (χ4n) is 4.15. The van der Waals surface area contributed by atoms with Gasteiger partial charge in [0, 0.05) is 18.9 Å². The SMILES string of the molecule is CSCC[C@H](NC(=O)CCC(C)CNC(=O)OCC1c2ccccc2-c2ccccc21)C(=O)O. The number of carbonyl (C=O) groups excluding carboxylic acids is 2. The fourth-order valence-corrected chi connectivity index (χ4v) is 4.62. The summed E-state index contributed by atoms with van der Waals surface area (Å²) < 4.78 is 5.54. The van der Waals surface area contributed by atoms with Gasteiger partial charge in [-0.1, -0.05) is 55.5 Å². The number of ether oxygens (including phenoxy) is 1. The molecule has 0 spiro atoms. The lowest BCUT2D eigenvalue weighted by molar-refractivity contribution is -0.141. The summed E-state index contributed by atoms with van der Waals surface area (Å²) in [7, 11) is 0. The van der Waals surface area contributed by atoms with Gasteiger partial charge in [0.25, 0.3) is 0 Å². The molecule has 2 aromatic rings. The second-order valence-electron chi connectivity index (χ2n) is 8.59. The summed E-state index contributed by atoms with van der Waals surface area (Å²) in [4.78, 5) is 35.7. The molecule has 3 rings (SSSR count). The van der Waals surface area contributed by atoms with Gasteiger partial charge in [-0.2, -0.15) is 11.8 Å². The van der Waals surface area contributed by atoms with E-state index in [0.29, 0.717) is 25.1 Å². The first-order chi connectivity index (χ1) is 16.4. The van der Waals surface area contributed by atoms with Gasteiger partial charge in [-0.3, -0.25) is 4.79 Å². The highest BCUT2D eigenvalue weighted by atomic mass is 32.2. The van der Waals surface area contributed by atoms with Crippen molar-refractivity contribution in [1.82, 2.24) is 10.6 Å². The number of thioether (sulfide) groups is 1. The molecular formula is C26H32N2O5S. The maximum atomic E-state index is 12.3. The molecule has 1 aliphatic rings. The van der Waals surface area contributed by atoms with E-state index < -0.39 is 18.1 Å². The molecule has 0 heterocycles. The Hall–Kier alpha value is -3.00. The highest BCUT2D eigenvalue weighted by Gasteiger charge is 2.29. The number of nitrogens with one attached hydrogen (secondary N) is 2. The molecule has 8 heteroatoms. The van der Waals surface area contributed by atoms with E-state index in [4.69, 9.17) is 4.74 Å². The van der Waals surface area contributed by atoms with Gasteiger partial charge in [-0.25, -0.2) is 9.59 Å². The monoisotopic (exact) mass is 484 g/mol. The highest BCUT2D eigenvalue weighted by Crippen LogP contribution is 2.44. The van der Waals surface area contributed by atoms with Crippen molar-refractivity contribution in [3.63, 3.8) is 0 Å². The van der Waals surface area contributed by atoms with E-state index in [-0.39, 0.29) is 30.8 Å². The molecule has 0 fully saturated rings. The standard InChI is InChI=1S/C26H32N2O5S/c1-17(11-12-24(29)28-23(25(30)31)13-14-34-2)15-27-26(32)33-16-22-20-9-5-3-7-18(20)19-8-4-6-10-21(19)22/h3-10,17,22-23H,11-16H2,1-2H3,(H,27,32)(H,28,29)(H,30,31)/t17?,23-/m0/s1. The van der Waals surface area contributed by atoms with Crippen LogP contribution in [0.25, 0.3) is 11.1 Å². The second kappa shape index (κ2) is 12.5. The molecule has 1 aliphatic carbocycles. The van der Waals surface area contributed by atoms with Crippen molar-refractivity contribution in [2.75, 3.05) is 25.2 Å². The van der Waals surface area contributed by atoms with Gasteiger partial charge in [-0.05, 0) is 53.0 Å². The molecule has 0 aromatic heterocycles. The molecule has 2 atom stereocenters. The van der Waals surface area contributed by atoms with Gasteiger partial charge >= 0.3 is 12.1 Å². The van der Waals surface area contributed by atoms with Gasteiger partial charge in [0.15, 0.2) is 0 Å². The van der Waals surface area contributed by atoms with Crippen LogP contribution in [0.3, 0.4) is 0 Å². The molecule has 0 aliphatic heterocycles. The first-order valence-corrected chi connectivity index (χ1v) is 12.9. The third kappa shape index (κ3) is 6.76. The molecule has 2 aromatic carbocycles. The summed E-state index contributed by atoms with van der Waals surface area (Å²) in [6.07, 6.45) is 2.54. The fraction of sp³-hybridized carbons (Fsp3) is 0.423. The zero-order valence-electron chi connectivity index (χ0n) is 19.6. The molecule has 182 valence electrons. The summed E-state index contributed by atoms with van der Waals surface area (Å²) in [6.45, 7) is 2.56. The Morgan fingerprint density at radius 1 is 1.03 bits per heavy atom. The van der Waals surface area contributed by atoms with Gasteiger partial charge in [0.05, 0.1) is 0 Å². The topological polar surface area (TPSA) is 105 Å². The third-order valence-electron chi connectivity index (χ3n) is 6.05. The molecule has 1 unspecified atom stereocenters. The van der Waals surface area contributed by atoms with Crippen molar-refractivity contribution >= 4 is 29.7 Å². The second-order valence-corrected chi connectivity index (χ2v) is 9.58. The van der Waals surface area contributed by atoms with E-state index in [2.05, 4.69) is 34.9 Å². The minimum Gasteiger partial charge on any atom is -0.480 e. The van der Waals surface area contributed by atoms with Crippen LogP contribution in [-0.2, 0) is 14.3 Å². The van der Waals surface area contributed by atoms with E-state index in [1.807, 2.05) is 37.4 Å². The van der Waals surface area contributed by atoms with Crippen molar-refractivity contribution in [1.29, 1.82) is 0 Å². The first-order valence-electron chi connectivity index (χ1n) is 11.5. The molecule has 0 radical (unpaired) electrons. The van der Waals surface area contributed by atoms with Crippen molar-refractivity contribution in [2.45, 2.75) is 38.1 Å². The summed E-state index contributed by atoms with van der Waals surface area (Å²) >= 11 is 1.54. The lowest BCUT2D eigenvalue weighted by atomic mass is 9.98.